The summed E-state index contributed by atoms with van der Waals surface area (Å²) in [7, 11) is 0. The van der Waals surface area contributed by atoms with Crippen LogP contribution in [0.1, 0.15) is 10.4 Å². The van der Waals surface area contributed by atoms with E-state index >= 15 is 0 Å². The minimum absolute atomic E-state index is 0.240. The molecule has 1 amide bonds. The van der Waals surface area contributed by atoms with Crippen LogP contribution in [0, 0.1) is 32.8 Å². The van der Waals surface area contributed by atoms with Gasteiger partial charge in [-0.1, -0.05) is 0 Å². The maximum atomic E-state index is 12.2. The first-order valence-corrected chi connectivity index (χ1v) is 5.33. The SMILES string of the molecule is N#CCN(CC#N)C(=O)c1cc(NN)ccc1[N+](=O)[O-]. The first-order valence-electron chi connectivity index (χ1n) is 5.33. The summed E-state index contributed by atoms with van der Waals surface area (Å²) in [5.41, 5.74) is 1.91. The number of carbonyl (C=O) groups is 1. The molecule has 1 rings (SSSR count). The molecule has 0 radical (unpaired) electrons. The third-order valence-electron chi connectivity index (χ3n) is 2.40. The van der Waals surface area contributed by atoms with Crippen molar-refractivity contribution >= 4 is 17.3 Å². The van der Waals surface area contributed by atoms with Crippen molar-refractivity contribution in [2.45, 2.75) is 0 Å². The lowest BCUT2D eigenvalue weighted by Crippen LogP contribution is -2.32. The largest absolute Gasteiger partial charge is 0.324 e. The van der Waals surface area contributed by atoms with Gasteiger partial charge < -0.3 is 10.3 Å². The third kappa shape index (κ3) is 3.19. The molecule has 0 spiro atoms. The number of nitrogens with zero attached hydrogens (tertiary/aromatic N) is 4. The fourth-order valence-electron chi connectivity index (χ4n) is 1.50. The number of carbonyl (C=O) groups excluding carboxylic acids is 1. The van der Waals surface area contributed by atoms with E-state index in [1.165, 1.54) is 12.1 Å². The second-order valence-corrected chi connectivity index (χ2v) is 3.61. The molecule has 102 valence electrons. The molecule has 0 saturated carbocycles. The molecule has 3 N–H and O–H groups in total. The highest BCUT2D eigenvalue weighted by molar-refractivity contribution is 5.99. The smallest absolute Gasteiger partial charge is 0.282 e. The Balaban J connectivity index is 3.28. The molecule has 0 atom stereocenters. The quantitative estimate of drug-likeness (QED) is 0.341. The van der Waals surface area contributed by atoms with Crippen LogP contribution in [0.5, 0.6) is 0 Å². The molecule has 0 aliphatic heterocycles. The van der Waals surface area contributed by atoms with Crippen LogP contribution in [0.2, 0.25) is 0 Å². The summed E-state index contributed by atoms with van der Waals surface area (Å²) in [6.07, 6.45) is 0. The number of hydrogen-bond donors (Lipinski definition) is 2. The van der Waals surface area contributed by atoms with Crippen molar-refractivity contribution in [3.8, 4) is 12.1 Å². The number of nitrogen functional groups attached to an aromatic ring is 1. The molecule has 0 heterocycles. The maximum Gasteiger partial charge on any atom is 0.282 e. The van der Waals surface area contributed by atoms with E-state index in [2.05, 4.69) is 5.43 Å². The Morgan fingerprint density at radius 2 is 2.00 bits per heavy atom. The summed E-state index contributed by atoms with van der Waals surface area (Å²) in [6.45, 7) is -0.687. The van der Waals surface area contributed by atoms with E-state index in [1.807, 2.05) is 0 Å². The molecular formula is C11H10N6O3. The second-order valence-electron chi connectivity index (χ2n) is 3.61. The van der Waals surface area contributed by atoms with Crippen molar-refractivity contribution < 1.29 is 9.72 Å². The van der Waals surface area contributed by atoms with Crippen LogP contribution in [0.4, 0.5) is 11.4 Å². The Hall–Kier alpha value is -3.17. The van der Waals surface area contributed by atoms with Gasteiger partial charge in [-0.2, -0.15) is 10.5 Å². The summed E-state index contributed by atoms with van der Waals surface area (Å²) >= 11 is 0. The number of nitro benzene ring substituents is 1. The number of amides is 1. The molecule has 1 aromatic rings. The molecular weight excluding hydrogens is 264 g/mol. The molecule has 1 aromatic carbocycles. The monoisotopic (exact) mass is 274 g/mol. The van der Waals surface area contributed by atoms with Gasteiger partial charge in [0.1, 0.15) is 18.7 Å². The van der Waals surface area contributed by atoms with Crippen molar-refractivity contribution in [1.82, 2.24) is 4.90 Å². The zero-order valence-corrected chi connectivity index (χ0v) is 10.2. The number of nitrogens with two attached hydrogens (primary N) is 1. The van der Waals surface area contributed by atoms with Crippen LogP contribution < -0.4 is 11.3 Å². The summed E-state index contributed by atoms with van der Waals surface area (Å²) in [5.74, 6) is 4.41. The van der Waals surface area contributed by atoms with Crippen LogP contribution in [-0.4, -0.2) is 28.8 Å². The van der Waals surface area contributed by atoms with Gasteiger partial charge >= 0.3 is 0 Å². The lowest BCUT2D eigenvalue weighted by atomic mass is 10.1. The highest BCUT2D eigenvalue weighted by Crippen LogP contribution is 2.23. The van der Waals surface area contributed by atoms with Crippen molar-refractivity contribution in [2.75, 3.05) is 18.5 Å². The van der Waals surface area contributed by atoms with Gasteiger partial charge in [0.2, 0.25) is 0 Å². The first kappa shape index (κ1) is 14.9. The molecule has 0 unspecified atom stereocenters. The Kier molecular flexibility index (Phi) is 4.97. The van der Waals surface area contributed by atoms with Crippen molar-refractivity contribution in [3.63, 3.8) is 0 Å². The summed E-state index contributed by atoms with van der Waals surface area (Å²) in [6, 6.07) is 7.11. The van der Waals surface area contributed by atoms with Crippen molar-refractivity contribution in [3.05, 3.63) is 33.9 Å². The Labute approximate surface area is 113 Å². The number of nitriles is 2. The normalized spacial score (nSPS) is 9.15. The van der Waals surface area contributed by atoms with Gasteiger partial charge in [0.15, 0.2) is 0 Å². The van der Waals surface area contributed by atoms with Crippen LogP contribution >= 0.6 is 0 Å². The molecule has 9 nitrogen and oxygen atoms in total. The lowest BCUT2D eigenvalue weighted by molar-refractivity contribution is -0.385. The van der Waals surface area contributed by atoms with Gasteiger partial charge in [0.05, 0.1) is 17.1 Å². The Morgan fingerprint density at radius 1 is 1.40 bits per heavy atom. The number of hydrazine groups is 1. The number of nitro groups is 1. The molecule has 0 aliphatic carbocycles. The van der Waals surface area contributed by atoms with E-state index in [1.54, 1.807) is 12.1 Å². The molecule has 0 fully saturated rings. The number of rotatable bonds is 5. The lowest BCUT2D eigenvalue weighted by Gasteiger charge is -2.16. The maximum absolute atomic E-state index is 12.2. The Bertz CT molecular complexity index is 600. The Morgan fingerprint density at radius 3 is 2.45 bits per heavy atom. The van der Waals surface area contributed by atoms with Gasteiger partial charge in [0.25, 0.3) is 11.6 Å². The van der Waals surface area contributed by atoms with Gasteiger partial charge in [-0.3, -0.25) is 20.8 Å². The summed E-state index contributed by atoms with van der Waals surface area (Å²) in [4.78, 5) is 23.3. The molecule has 0 aromatic heterocycles. The van der Waals surface area contributed by atoms with E-state index in [-0.39, 0.29) is 18.7 Å². The van der Waals surface area contributed by atoms with E-state index in [4.69, 9.17) is 16.4 Å². The van der Waals surface area contributed by atoms with Gasteiger partial charge in [-0.15, -0.1) is 0 Å². The number of anilines is 1. The van der Waals surface area contributed by atoms with E-state index in [0.29, 0.717) is 5.69 Å². The van der Waals surface area contributed by atoms with Crippen molar-refractivity contribution in [1.29, 1.82) is 10.5 Å². The second kappa shape index (κ2) is 6.68. The minimum Gasteiger partial charge on any atom is -0.324 e. The number of benzene rings is 1. The van der Waals surface area contributed by atoms with E-state index in [9.17, 15) is 14.9 Å². The highest BCUT2D eigenvalue weighted by atomic mass is 16.6. The van der Waals surface area contributed by atoms with Gasteiger partial charge in [-0.05, 0) is 12.1 Å². The fraction of sp³-hybridized carbons (Fsp3) is 0.182. The molecule has 0 bridgehead atoms. The van der Waals surface area contributed by atoms with Crippen LogP contribution in [0.3, 0.4) is 0 Å². The van der Waals surface area contributed by atoms with Crippen LogP contribution in [0.25, 0.3) is 0 Å². The minimum atomic E-state index is -0.781. The molecule has 0 aliphatic rings. The topological polar surface area (TPSA) is 149 Å². The predicted octanol–water partition coefficient (Wildman–Crippen LogP) is 0.370. The fourth-order valence-corrected chi connectivity index (χ4v) is 1.50. The zero-order chi connectivity index (χ0) is 15.1. The summed E-state index contributed by atoms with van der Waals surface area (Å²) in [5, 5.41) is 28.2. The average molecular weight is 274 g/mol. The molecule has 0 saturated heterocycles. The number of hydrogen-bond acceptors (Lipinski definition) is 7. The van der Waals surface area contributed by atoms with Gasteiger partial charge in [-0.25, -0.2) is 0 Å². The number of nitrogens with one attached hydrogen (secondary N) is 1. The van der Waals surface area contributed by atoms with Crippen molar-refractivity contribution in [2.24, 2.45) is 5.84 Å². The van der Waals surface area contributed by atoms with Crippen LogP contribution in [-0.2, 0) is 0 Å². The third-order valence-corrected chi connectivity index (χ3v) is 2.40. The predicted molar refractivity (Wildman–Crippen MR) is 68.0 cm³/mol. The molecule has 20 heavy (non-hydrogen) atoms. The zero-order valence-electron chi connectivity index (χ0n) is 10.2. The molecule has 9 heteroatoms. The van der Waals surface area contributed by atoms with Gasteiger partial charge in [0, 0.05) is 11.8 Å². The standard InChI is InChI=1S/C11H10N6O3/c12-3-5-16(6-4-13)11(18)9-7-8(15-14)1-2-10(9)17(19)20/h1-2,7,15H,5-6,14H2. The first-order chi connectivity index (χ1) is 9.54. The van der Waals surface area contributed by atoms with E-state index in [0.717, 1.165) is 11.0 Å². The average Bonchev–Trinajstić information content (AvgIpc) is 2.45. The van der Waals surface area contributed by atoms with E-state index < -0.39 is 16.5 Å². The summed E-state index contributed by atoms with van der Waals surface area (Å²) < 4.78 is 0. The van der Waals surface area contributed by atoms with Crippen LogP contribution in [0.15, 0.2) is 18.2 Å². The highest BCUT2D eigenvalue weighted by Gasteiger charge is 2.25.